The average molecular weight is 397 g/mol. The summed E-state index contributed by atoms with van der Waals surface area (Å²) in [5.74, 6) is -0.00315. The molecule has 1 heterocycles. The molecule has 0 atom stereocenters. The fraction of sp³-hybridized carbons (Fsp3) is 0.391. The maximum absolute atomic E-state index is 12.9. The fourth-order valence-electron chi connectivity index (χ4n) is 3.42. The van der Waals surface area contributed by atoms with E-state index in [4.69, 9.17) is 4.74 Å². The van der Waals surface area contributed by atoms with E-state index in [1.807, 2.05) is 31.7 Å². The van der Waals surface area contributed by atoms with Crippen molar-refractivity contribution in [2.75, 3.05) is 31.5 Å². The van der Waals surface area contributed by atoms with E-state index in [9.17, 15) is 9.59 Å². The molecule has 154 valence electrons. The normalized spacial score (nSPS) is 15.1. The van der Waals surface area contributed by atoms with Crippen LogP contribution in [0.25, 0.3) is 0 Å². The molecule has 0 unspecified atom stereocenters. The molecule has 1 saturated heterocycles. The highest BCUT2D eigenvalue weighted by Gasteiger charge is 2.25. The summed E-state index contributed by atoms with van der Waals surface area (Å²) in [7, 11) is 0. The third-order valence-electron chi connectivity index (χ3n) is 4.81. The molecule has 2 aromatic carbocycles. The molecule has 1 fully saturated rings. The van der Waals surface area contributed by atoms with E-state index in [0.717, 1.165) is 32.7 Å². The molecular formula is C23H30N3O3+. The van der Waals surface area contributed by atoms with Crippen molar-refractivity contribution in [3.63, 3.8) is 0 Å². The molecule has 0 saturated carbocycles. The van der Waals surface area contributed by atoms with Crippen LogP contribution in [0.3, 0.4) is 0 Å². The molecule has 2 amide bonds. The minimum atomic E-state index is -0.570. The highest BCUT2D eigenvalue weighted by atomic mass is 16.6. The Morgan fingerprint density at radius 1 is 1.03 bits per heavy atom. The lowest BCUT2D eigenvalue weighted by Crippen LogP contribution is -3.13. The summed E-state index contributed by atoms with van der Waals surface area (Å²) in [6, 6.07) is 17.5. The minimum Gasteiger partial charge on any atom is -0.444 e. The van der Waals surface area contributed by atoms with Gasteiger partial charge in [-0.05, 0) is 39.0 Å². The topological polar surface area (TPSA) is 63.1 Å². The van der Waals surface area contributed by atoms with Gasteiger partial charge in [0.05, 0.1) is 26.2 Å². The molecule has 1 aliphatic rings. The molecule has 0 radical (unpaired) electrons. The Labute approximate surface area is 172 Å². The van der Waals surface area contributed by atoms with Gasteiger partial charge in [0, 0.05) is 16.8 Å². The largest absolute Gasteiger partial charge is 0.444 e. The van der Waals surface area contributed by atoms with Gasteiger partial charge in [0.2, 0.25) is 0 Å². The Balaban J connectivity index is 1.55. The SMILES string of the molecule is CC(C)(C)OC(=O)Nc1cccc(C(=O)N2CC[NH+](Cc3ccccc3)CC2)c1. The van der Waals surface area contributed by atoms with Gasteiger partial charge >= 0.3 is 6.09 Å². The van der Waals surface area contributed by atoms with Crippen LogP contribution in [0.2, 0.25) is 0 Å². The number of nitrogens with zero attached hydrogens (tertiary/aromatic N) is 1. The Morgan fingerprint density at radius 3 is 2.38 bits per heavy atom. The molecule has 6 nitrogen and oxygen atoms in total. The number of anilines is 1. The van der Waals surface area contributed by atoms with Gasteiger partial charge in [-0.2, -0.15) is 0 Å². The van der Waals surface area contributed by atoms with Crippen molar-refractivity contribution in [3.05, 3.63) is 65.7 Å². The van der Waals surface area contributed by atoms with Gasteiger partial charge in [0.1, 0.15) is 12.1 Å². The molecule has 2 aromatic rings. The maximum atomic E-state index is 12.9. The first kappa shape index (κ1) is 20.9. The Morgan fingerprint density at radius 2 is 1.72 bits per heavy atom. The van der Waals surface area contributed by atoms with Crippen molar-refractivity contribution in [1.82, 2.24) is 4.90 Å². The summed E-state index contributed by atoms with van der Waals surface area (Å²) in [6.07, 6.45) is -0.528. The number of benzene rings is 2. The highest BCUT2D eigenvalue weighted by Crippen LogP contribution is 2.15. The number of amides is 2. The second-order valence-electron chi connectivity index (χ2n) is 8.41. The van der Waals surface area contributed by atoms with Gasteiger partial charge in [-0.3, -0.25) is 10.1 Å². The van der Waals surface area contributed by atoms with Crippen LogP contribution in [0.4, 0.5) is 10.5 Å². The van der Waals surface area contributed by atoms with E-state index in [1.54, 1.807) is 24.3 Å². The molecule has 6 heteroatoms. The second-order valence-corrected chi connectivity index (χ2v) is 8.41. The quantitative estimate of drug-likeness (QED) is 0.835. The smallest absolute Gasteiger partial charge is 0.412 e. The Hall–Kier alpha value is -2.86. The van der Waals surface area contributed by atoms with Crippen molar-refractivity contribution in [2.24, 2.45) is 0 Å². The first-order chi connectivity index (χ1) is 13.8. The van der Waals surface area contributed by atoms with Crippen LogP contribution in [-0.4, -0.2) is 48.7 Å². The molecule has 0 spiro atoms. The zero-order chi connectivity index (χ0) is 20.9. The summed E-state index contributed by atoms with van der Waals surface area (Å²) < 4.78 is 5.27. The zero-order valence-corrected chi connectivity index (χ0v) is 17.4. The summed E-state index contributed by atoms with van der Waals surface area (Å²) in [5.41, 5.74) is 1.88. The van der Waals surface area contributed by atoms with Crippen LogP contribution >= 0.6 is 0 Å². The molecule has 2 N–H and O–H groups in total. The van der Waals surface area contributed by atoms with Crippen LogP contribution in [0.1, 0.15) is 36.7 Å². The predicted molar refractivity (Wildman–Crippen MR) is 113 cm³/mol. The highest BCUT2D eigenvalue weighted by molar-refractivity contribution is 5.96. The molecule has 1 aliphatic heterocycles. The lowest BCUT2D eigenvalue weighted by atomic mass is 10.1. The number of nitrogens with one attached hydrogen (secondary N) is 2. The first-order valence-corrected chi connectivity index (χ1v) is 10.1. The van der Waals surface area contributed by atoms with Crippen molar-refractivity contribution >= 4 is 17.7 Å². The average Bonchev–Trinajstić information content (AvgIpc) is 2.67. The standard InChI is InChI=1S/C23H29N3O3/c1-23(2,3)29-22(28)24-20-11-7-10-19(16-20)21(27)26-14-12-25(13-15-26)17-18-8-5-4-6-9-18/h4-11,16H,12-15,17H2,1-3H3,(H,24,28)/p+1. The van der Waals surface area contributed by atoms with Gasteiger partial charge in [0.15, 0.2) is 0 Å². The van der Waals surface area contributed by atoms with E-state index >= 15 is 0 Å². The van der Waals surface area contributed by atoms with Crippen LogP contribution in [0.15, 0.2) is 54.6 Å². The Kier molecular flexibility index (Phi) is 6.54. The number of quaternary nitrogens is 1. The predicted octanol–water partition coefficient (Wildman–Crippen LogP) is 2.57. The monoisotopic (exact) mass is 396 g/mol. The molecule has 0 bridgehead atoms. The van der Waals surface area contributed by atoms with E-state index in [1.165, 1.54) is 10.5 Å². The van der Waals surface area contributed by atoms with Crippen LogP contribution in [0.5, 0.6) is 0 Å². The van der Waals surface area contributed by atoms with Crippen LogP contribution in [0, 0.1) is 0 Å². The van der Waals surface area contributed by atoms with Crippen molar-refractivity contribution in [1.29, 1.82) is 0 Å². The van der Waals surface area contributed by atoms with E-state index in [-0.39, 0.29) is 5.91 Å². The zero-order valence-electron chi connectivity index (χ0n) is 17.4. The molecular weight excluding hydrogens is 366 g/mol. The van der Waals surface area contributed by atoms with E-state index < -0.39 is 11.7 Å². The maximum Gasteiger partial charge on any atom is 0.412 e. The summed E-state index contributed by atoms with van der Waals surface area (Å²) in [4.78, 5) is 28.2. The lowest BCUT2D eigenvalue weighted by Gasteiger charge is -2.32. The minimum absolute atomic E-state index is 0.00315. The summed E-state index contributed by atoms with van der Waals surface area (Å²) in [5, 5.41) is 2.70. The third-order valence-corrected chi connectivity index (χ3v) is 4.81. The molecule has 0 aromatic heterocycles. The molecule has 0 aliphatic carbocycles. The van der Waals surface area contributed by atoms with Crippen LogP contribution in [-0.2, 0) is 11.3 Å². The summed E-state index contributed by atoms with van der Waals surface area (Å²) >= 11 is 0. The van der Waals surface area contributed by atoms with Gasteiger partial charge in [0.25, 0.3) is 5.91 Å². The van der Waals surface area contributed by atoms with Crippen LogP contribution < -0.4 is 10.2 Å². The first-order valence-electron chi connectivity index (χ1n) is 10.1. The summed E-state index contributed by atoms with van der Waals surface area (Å²) in [6.45, 7) is 9.73. The lowest BCUT2D eigenvalue weighted by molar-refractivity contribution is -0.917. The van der Waals surface area contributed by atoms with Gasteiger partial charge in [-0.1, -0.05) is 36.4 Å². The number of carbonyl (C=O) groups is 2. The van der Waals surface area contributed by atoms with Crippen molar-refractivity contribution < 1.29 is 19.2 Å². The molecule has 29 heavy (non-hydrogen) atoms. The van der Waals surface area contributed by atoms with Gasteiger partial charge < -0.3 is 14.5 Å². The van der Waals surface area contributed by atoms with E-state index in [2.05, 4.69) is 29.6 Å². The Bertz CT molecular complexity index is 838. The third kappa shape index (κ3) is 6.32. The van der Waals surface area contributed by atoms with Gasteiger partial charge in [-0.15, -0.1) is 0 Å². The second kappa shape index (κ2) is 9.09. The number of ether oxygens (including phenoxy) is 1. The van der Waals surface area contributed by atoms with Crippen molar-refractivity contribution in [3.8, 4) is 0 Å². The number of carbonyl (C=O) groups excluding carboxylic acids is 2. The fourth-order valence-corrected chi connectivity index (χ4v) is 3.42. The number of hydrogen-bond donors (Lipinski definition) is 2. The van der Waals surface area contributed by atoms with E-state index in [0.29, 0.717) is 11.3 Å². The number of rotatable bonds is 4. The molecule has 3 rings (SSSR count). The van der Waals surface area contributed by atoms with Gasteiger partial charge in [-0.25, -0.2) is 4.79 Å². The number of hydrogen-bond acceptors (Lipinski definition) is 3. The van der Waals surface area contributed by atoms with Crippen molar-refractivity contribution in [2.45, 2.75) is 32.9 Å². The number of piperazine rings is 1.